The van der Waals surface area contributed by atoms with Gasteiger partial charge in [0.2, 0.25) is 0 Å². The van der Waals surface area contributed by atoms with E-state index in [9.17, 15) is 17.6 Å². The molecule has 10 heteroatoms. The van der Waals surface area contributed by atoms with Crippen molar-refractivity contribution in [2.45, 2.75) is 11.4 Å². The van der Waals surface area contributed by atoms with Crippen molar-refractivity contribution in [3.8, 4) is 17.0 Å². The summed E-state index contributed by atoms with van der Waals surface area (Å²) in [6.45, 7) is -0.0799. The SMILES string of the molecule is COc1ccc(F)c(-c2cc(CN(C)C(=O)O)cn2S(=O)(=O)c2cccnc2)c1. The van der Waals surface area contributed by atoms with Crippen LogP contribution in [0.5, 0.6) is 5.75 Å². The van der Waals surface area contributed by atoms with Gasteiger partial charge in [-0.1, -0.05) is 0 Å². The Morgan fingerprint density at radius 1 is 1.31 bits per heavy atom. The van der Waals surface area contributed by atoms with Crippen molar-refractivity contribution in [2.75, 3.05) is 14.2 Å². The molecule has 0 saturated heterocycles. The van der Waals surface area contributed by atoms with Crippen LogP contribution in [0.1, 0.15) is 5.56 Å². The number of hydrogen-bond acceptors (Lipinski definition) is 5. The highest BCUT2D eigenvalue weighted by Gasteiger charge is 2.24. The number of amides is 1. The average Bonchev–Trinajstić information content (AvgIpc) is 3.13. The molecule has 1 N–H and O–H groups in total. The summed E-state index contributed by atoms with van der Waals surface area (Å²) in [4.78, 5) is 15.9. The average molecular weight is 419 g/mol. The molecule has 0 aliphatic rings. The van der Waals surface area contributed by atoms with Crippen LogP contribution in [0.4, 0.5) is 9.18 Å². The molecule has 1 aromatic carbocycles. The third-order valence-electron chi connectivity index (χ3n) is 4.23. The number of ether oxygens (including phenoxy) is 1. The fraction of sp³-hybridized carbons (Fsp3) is 0.158. The van der Waals surface area contributed by atoms with E-state index in [-0.39, 0.29) is 22.7 Å². The van der Waals surface area contributed by atoms with Crippen LogP contribution >= 0.6 is 0 Å². The molecule has 0 unspecified atom stereocenters. The van der Waals surface area contributed by atoms with Gasteiger partial charge in [-0.3, -0.25) is 4.98 Å². The van der Waals surface area contributed by atoms with E-state index >= 15 is 0 Å². The van der Waals surface area contributed by atoms with E-state index < -0.39 is 21.9 Å². The lowest BCUT2D eigenvalue weighted by molar-refractivity contribution is 0.154. The molecule has 0 aliphatic heterocycles. The Bertz CT molecular complexity index is 1150. The Hall–Kier alpha value is -3.40. The molecule has 0 aliphatic carbocycles. The molecule has 8 nitrogen and oxygen atoms in total. The lowest BCUT2D eigenvalue weighted by Gasteiger charge is -2.12. The molecule has 2 heterocycles. The summed E-state index contributed by atoms with van der Waals surface area (Å²) in [5.74, 6) is -0.304. The number of halogens is 1. The number of benzene rings is 1. The number of methoxy groups -OCH3 is 1. The van der Waals surface area contributed by atoms with E-state index in [1.165, 1.54) is 69.1 Å². The Labute approximate surface area is 166 Å². The maximum atomic E-state index is 14.6. The minimum Gasteiger partial charge on any atom is -0.497 e. The Morgan fingerprint density at radius 2 is 2.07 bits per heavy atom. The van der Waals surface area contributed by atoms with Gasteiger partial charge in [0, 0.05) is 31.2 Å². The van der Waals surface area contributed by atoms with Gasteiger partial charge in [0.15, 0.2) is 0 Å². The Morgan fingerprint density at radius 3 is 2.69 bits per heavy atom. The zero-order valence-corrected chi connectivity index (χ0v) is 16.4. The number of carbonyl (C=O) groups is 1. The minimum atomic E-state index is -4.11. The monoisotopic (exact) mass is 419 g/mol. The van der Waals surface area contributed by atoms with Gasteiger partial charge >= 0.3 is 6.09 Å². The third-order valence-corrected chi connectivity index (χ3v) is 5.89. The van der Waals surface area contributed by atoms with Crippen molar-refractivity contribution < 1.29 is 27.4 Å². The fourth-order valence-electron chi connectivity index (χ4n) is 2.76. The second-order valence-electron chi connectivity index (χ2n) is 6.21. The van der Waals surface area contributed by atoms with Crippen LogP contribution in [-0.4, -0.2) is 47.6 Å². The molecule has 3 rings (SSSR count). The van der Waals surface area contributed by atoms with Gasteiger partial charge in [-0.15, -0.1) is 0 Å². The first kappa shape index (κ1) is 20.3. The summed E-state index contributed by atoms with van der Waals surface area (Å²) in [5.41, 5.74) is 0.416. The van der Waals surface area contributed by atoms with E-state index in [1.54, 1.807) is 0 Å². The highest BCUT2D eigenvalue weighted by molar-refractivity contribution is 7.90. The molecule has 0 radical (unpaired) electrons. The standard InChI is InChI=1S/C19H18FN3O5S/c1-22(19(24)25)11-13-8-18(16-9-14(28-2)5-6-17(16)20)23(12-13)29(26,27)15-4-3-7-21-10-15/h3-10,12H,11H2,1-2H3,(H,24,25). The molecule has 152 valence electrons. The number of rotatable bonds is 6. The molecule has 0 bridgehead atoms. The third kappa shape index (κ3) is 4.06. The highest BCUT2D eigenvalue weighted by Crippen LogP contribution is 2.31. The van der Waals surface area contributed by atoms with Gasteiger partial charge in [-0.05, 0) is 42.0 Å². The summed E-state index contributed by atoms with van der Waals surface area (Å²) < 4.78 is 47.0. The fourth-order valence-corrected chi connectivity index (χ4v) is 4.12. The zero-order chi connectivity index (χ0) is 21.2. The van der Waals surface area contributed by atoms with Crippen LogP contribution in [0.2, 0.25) is 0 Å². The van der Waals surface area contributed by atoms with Gasteiger partial charge in [0.1, 0.15) is 16.5 Å². The number of hydrogen-bond donors (Lipinski definition) is 1. The van der Waals surface area contributed by atoms with E-state index in [0.717, 1.165) is 8.87 Å². The topological polar surface area (TPSA) is 102 Å². The first-order chi connectivity index (χ1) is 13.7. The number of aromatic nitrogens is 2. The largest absolute Gasteiger partial charge is 0.497 e. The molecule has 0 fully saturated rings. The predicted molar refractivity (Wildman–Crippen MR) is 103 cm³/mol. The maximum Gasteiger partial charge on any atom is 0.407 e. The number of pyridine rings is 1. The molecule has 2 aromatic heterocycles. The van der Waals surface area contributed by atoms with Crippen LogP contribution in [0, 0.1) is 5.82 Å². The first-order valence-corrected chi connectivity index (χ1v) is 9.83. The summed E-state index contributed by atoms with van der Waals surface area (Å²) in [6.07, 6.45) is 2.71. The summed E-state index contributed by atoms with van der Waals surface area (Å²) in [7, 11) is -1.35. The van der Waals surface area contributed by atoms with Gasteiger partial charge in [0.05, 0.1) is 19.3 Å². The second-order valence-corrected chi connectivity index (χ2v) is 8.02. The van der Waals surface area contributed by atoms with Gasteiger partial charge in [-0.25, -0.2) is 21.6 Å². The quantitative estimate of drug-likeness (QED) is 0.659. The van der Waals surface area contributed by atoms with Gasteiger partial charge in [0.25, 0.3) is 10.0 Å². The zero-order valence-electron chi connectivity index (χ0n) is 15.6. The van der Waals surface area contributed by atoms with E-state index in [2.05, 4.69) is 4.98 Å². The Kier molecular flexibility index (Phi) is 5.55. The normalized spacial score (nSPS) is 11.3. The van der Waals surface area contributed by atoms with E-state index in [1.807, 2.05) is 0 Å². The highest BCUT2D eigenvalue weighted by atomic mass is 32.2. The van der Waals surface area contributed by atoms with Gasteiger partial charge in [-0.2, -0.15) is 0 Å². The van der Waals surface area contributed by atoms with E-state index in [4.69, 9.17) is 9.84 Å². The lowest BCUT2D eigenvalue weighted by atomic mass is 10.1. The van der Waals surface area contributed by atoms with Crippen LogP contribution < -0.4 is 4.74 Å². The van der Waals surface area contributed by atoms with Crippen LogP contribution in [0.3, 0.4) is 0 Å². The van der Waals surface area contributed by atoms with Crippen LogP contribution in [0.25, 0.3) is 11.3 Å². The molecule has 0 spiro atoms. The minimum absolute atomic E-state index is 0.000966. The van der Waals surface area contributed by atoms with Crippen molar-refractivity contribution >= 4 is 16.1 Å². The maximum absolute atomic E-state index is 14.6. The molecule has 29 heavy (non-hydrogen) atoms. The van der Waals surface area contributed by atoms with Crippen molar-refractivity contribution in [3.63, 3.8) is 0 Å². The summed E-state index contributed by atoms with van der Waals surface area (Å²) in [6, 6.07) is 8.25. The van der Waals surface area contributed by atoms with Crippen molar-refractivity contribution in [1.82, 2.24) is 13.9 Å². The molecular formula is C19H18FN3O5S. The molecule has 3 aromatic rings. The summed E-state index contributed by atoms with van der Waals surface area (Å²) >= 11 is 0. The number of carboxylic acid groups (broad SMARTS) is 1. The number of nitrogens with zero attached hydrogens (tertiary/aromatic N) is 3. The predicted octanol–water partition coefficient (Wildman–Crippen LogP) is 3.04. The van der Waals surface area contributed by atoms with Crippen molar-refractivity contribution in [3.05, 3.63) is 66.4 Å². The lowest BCUT2D eigenvalue weighted by Crippen LogP contribution is -2.23. The molecular weight excluding hydrogens is 401 g/mol. The summed E-state index contributed by atoms with van der Waals surface area (Å²) in [5, 5.41) is 9.10. The van der Waals surface area contributed by atoms with Crippen LogP contribution in [0.15, 0.2) is 59.9 Å². The van der Waals surface area contributed by atoms with Gasteiger partial charge < -0.3 is 14.7 Å². The first-order valence-electron chi connectivity index (χ1n) is 8.39. The molecule has 0 saturated carbocycles. The van der Waals surface area contributed by atoms with Crippen LogP contribution in [-0.2, 0) is 16.6 Å². The van der Waals surface area contributed by atoms with Crippen molar-refractivity contribution in [2.24, 2.45) is 0 Å². The van der Waals surface area contributed by atoms with Crippen molar-refractivity contribution in [1.29, 1.82) is 0 Å². The van der Waals surface area contributed by atoms with E-state index in [0.29, 0.717) is 11.3 Å². The molecule has 0 atom stereocenters. The molecule has 1 amide bonds. The smallest absolute Gasteiger partial charge is 0.407 e. The second kappa shape index (κ2) is 7.92. The Balaban J connectivity index is 2.22.